The SMILES string of the molecule is CCc1ccc(N2CCC(NC3CC3)C2)cc1C. The minimum absolute atomic E-state index is 0.712. The van der Waals surface area contributed by atoms with E-state index >= 15 is 0 Å². The first-order valence-corrected chi connectivity index (χ1v) is 7.37. The van der Waals surface area contributed by atoms with Crippen LogP contribution in [-0.2, 0) is 6.42 Å². The van der Waals surface area contributed by atoms with Gasteiger partial charge in [-0.1, -0.05) is 13.0 Å². The Hall–Kier alpha value is -1.02. The van der Waals surface area contributed by atoms with Gasteiger partial charge in [-0.15, -0.1) is 0 Å². The van der Waals surface area contributed by atoms with Crippen molar-refractivity contribution in [3.63, 3.8) is 0 Å². The van der Waals surface area contributed by atoms with Crippen LogP contribution in [0.25, 0.3) is 0 Å². The van der Waals surface area contributed by atoms with Gasteiger partial charge in [-0.3, -0.25) is 0 Å². The van der Waals surface area contributed by atoms with Crippen LogP contribution in [0.4, 0.5) is 5.69 Å². The summed E-state index contributed by atoms with van der Waals surface area (Å²) in [7, 11) is 0. The van der Waals surface area contributed by atoms with E-state index < -0.39 is 0 Å². The third kappa shape index (κ3) is 2.54. The maximum absolute atomic E-state index is 3.75. The number of aryl methyl sites for hydroxylation is 2. The number of rotatable bonds is 4. The van der Waals surface area contributed by atoms with E-state index in [1.54, 1.807) is 0 Å². The molecule has 1 saturated heterocycles. The van der Waals surface area contributed by atoms with E-state index in [0.29, 0.717) is 6.04 Å². The van der Waals surface area contributed by atoms with Gasteiger partial charge in [0.2, 0.25) is 0 Å². The van der Waals surface area contributed by atoms with Crippen molar-refractivity contribution < 1.29 is 0 Å². The van der Waals surface area contributed by atoms with Crippen molar-refractivity contribution in [2.75, 3.05) is 18.0 Å². The second kappa shape index (κ2) is 4.93. The van der Waals surface area contributed by atoms with E-state index in [4.69, 9.17) is 0 Å². The zero-order valence-corrected chi connectivity index (χ0v) is 11.6. The van der Waals surface area contributed by atoms with Gasteiger partial charge in [0, 0.05) is 30.9 Å². The van der Waals surface area contributed by atoms with E-state index in [1.807, 2.05) is 0 Å². The molecule has 2 nitrogen and oxygen atoms in total. The molecule has 1 atom stereocenters. The molecule has 18 heavy (non-hydrogen) atoms. The second-order valence-electron chi connectivity index (χ2n) is 5.84. The normalized spacial score (nSPS) is 23.7. The monoisotopic (exact) mass is 244 g/mol. The Kier molecular flexibility index (Phi) is 3.29. The summed E-state index contributed by atoms with van der Waals surface area (Å²) in [6.45, 7) is 6.85. The number of hydrogen-bond donors (Lipinski definition) is 1. The van der Waals surface area contributed by atoms with E-state index in [-0.39, 0.29) is 0 Å². The molecular weight excluding hydrogens is 220 g/mol. The molecule has 1 heterocycles. The lowest BCUT2D eigenvalue weighted by atomic mass is 10.1. The molecule has 2 heteroatoms. The molecule has 1 N–H and O–H groups in total. The number of nitrogens with zero attached hydrogens (tertiary/aromatic N) is 1. The molecule has 3 rings (SSSR count). The van der Waals surface area contributed by atoms with Gasteiger partial charge in [0.1, 0.15) is 0 Å². The lowest BCUT2D eigenvalue weighted by Crippen LogP contribution is -2.33. The number of benzene rings is 1. The van der Waals surface area contributed by atoms with Crippen LogP contribution in [0.3, 0.4) is 0 Å². The van der Waals surface area contributed by atoms with Crippen LogP contribution < -0.4 is 10.2 Å². The molecule has 1 aromatic carbocycles. The van der Waals surface area contributed by atoms with Crippen LogP contribution in [0, 0.1) is 6.92 Å². The molecule has 0 amide bonds. The summed E-state index contributed by atoms with van der Waals surface area (Å²) >= 11 is 0. The highest BCUT2D eigenvalue weighted by atomic mass is 15.2. The Bertz CT molecular complexity index is 423. The minimum Gasteiger partial charge on any atom is -0.370 e. The zero-order valence-electron chi connectivity index (χ0n) is 11.6. The molecule has 1 aromatic rings. The van der Waals surface area contributed by atoms with Gasteiger partial charge in [0.25, 0.3) is 0 Å². The molecular formula is C16H24N2. The summed E-state index contributed by atoms with van der Waals surface area (Å²) in [6, 6.07) is 8.50. The average molecular weight is 244 g/mol. The lowest BCUT2D eigenvalue weighted by molar-refractivity contribution is 0.548. The van der Waals surface area contributed by atoms with Crippen LogP contribution >= 0.6 is 0 Å². The van der Waals surface area contributed by atoms with Gasteiger partial charge < -0.3 is 10.2 Å². The van der Waals surface area contributed by atoms with Gasteiger partial charge in [-0.05, 0) is 55.9 Å². The predicted octanol–water partition coefficient (Wildman–Crippen LogP) is 2.89. The molecule has 0 aromatic heterocycles. The fourth-order valence-corrected chi connectivity index (χ4v) is 2.99. The van der Waals surface area contributed by atoms with Crippen LogP contribution in [0.15, 0.2) is 18.2 Å². The van der Waals surface area contributed by atoms with Crippen molar-refractivity contribution in [2.45, 2.75) is 51.6 Å². The Labute approximate surface area is 110 Å². The van der Waals surface area contributed by atoms with Crippen molar-refractivity contribution in [3.05, 3.63) is 29.3 Å². The summed E-state index contributed by atoms with van der Waals surface area (Å²) in [4.78, 5) is 2.53. The quantitative estimate of drug-likeness (QED) is 0.876. The largest absolute Gasteiger partial charge is 0.370 e. The summed E-state index contributed by atoms with van der Waals surface area (Å²) < 4.78 is 0. The van der Waals surface area contributed by atoms with Gasteiger partial charge in [0.05, 0.1) is 0 Å². The third-order valence-electron chi connectivity index (χ3n) is 4.31. The Morgan fingerprint density at radius 2 is 2.06 bits per heavy atom. The average Bonchev–Trinajstić information content (AvgIpc) is 3.05. The highest BCUT2D eigenvalue weighted by molar-refractivity contribution is 5.51. The molecule has 1 aliphatic heterocycles. The van der Waals surface area contributed by atoms with Crippen LogP contribution in [-0.4, -0.2) is 25.2 Å². The van der Waals surface area contributed by atoms with Crippen molar-refractivity contribution in [1.82, 2.24) is 5.32 Å². The predicted molar refractivity (Wildman–Crippen MR) is 77.3 cm³/mol. The highest BCUT2D eigenvalue weighted by Crippen LogP contribution is 2.26. The van der Waals surface area contributed by atoms with E-state index in [0.717, 1.165) is 12.5 Å². The number of hydrogen-bond acceptors (Lipinski definition) is 2. The van der Waals surface area contributed by atoms with Crippen molar-refractivity contribution >= 4 is 5.69 Å². The Morgan fingerprint density at radius 3 is 2.72 bits per heavy atom. The lowest BCUT2D eigenvalue weighted by Gasteiger charge is -2.20. The Morgan fingerprint density at radius 1 is 1.22 bits per heavy atom. The summed E-state index contributed by atoms with van der Waals surface area (Å²) in [6.07, 6.45) is 5.21. The fourth-order valence-electron chi connectivity index (χ4n) is 2.99. The number of anilines is 1. The van der Waals surface area contributed by atoms with Crippen LogP contribution in [0.2, 0.25) is 0 Å². The third-order valence-corrected chi connectivity index (χ3v) is 4.31. The summed E-state index contributed by atoms with van der Waals surface area (Å²) in [5, 5.41) is 3.75. The van der Waals surface area contributed by atoms with E-state index in [2.05, 4.69) is 42.3 Å². The maximum atomic E-state index is 3.75. The molecule has 1 saturated carbocycles. The first-order chi connectivity index (χ1) is 8.76. The molecule has 2 aliphatic rings. The molecule has 0 bridgehead atoms. The van der Waals surface area contributed by atoms with Crippen molar-refractivity contribution in [2.24, 2.45) is 0 Å². The standard InChI is InChI=1S/C16H24N2/c1-3-13-4-7-16(10-12(13)2)18-9-8-15(11-18)17-14-5-6-14/h4,7,10,14-15,17H,3,5-6,8-9,11H2,1-2H3. The van der Waals surface area contributed by atoms with Crippen LogP contribution in [0.1, 0.15) is 37.3 Å². The maximum Gasteiger partial charge on any atom is 0.0369 e. The highest BCUT2D eigenvalue weighted by Gasteiger charge is 2.29. The molecule has 98 valence electrons. The first-order valence-electron chi connectivity index (χ1n) is 7.37. The fraction of sp³-hybridized carbons (Fsp3) is 0.625. The molecule has 0 radical (unpaired) electrons. The smallest absolute Gasteiger partial charge is 0.0369 e. The molecule has 2 fully saturated rings. The molecule has 1 aliphatic carbocycles. The van der Waals surface area contributed by atoms with Crippen LogP contribution in [0.5, 0.6) is 0 Å². The van der Waals surface area contributed by atoms with Gasteiger partial charge >= 0.3 is 0 Å². The topological polar surface area (TPSA) is 15.3 Å². The second-order valence-corrected chi connectivity index (χ2v) is 5.84. The van der Waals surface area contributed by atoms with E-state index in [1.165, 1.54) is 49.2 Å². The Balaban J connectivity index is 1.65. The zero-order chi connectivity index (χ0) is 12.5. The van der Waals surface area contributed by atoms with Gasteiger partial charge in [0.15, 0.2) is 0 Å². The summed E-state index contributed by atoms with van der Waals surface area (Å²) in [5.74, 6) is 0. The van der Waals surface area contributed by atoms with Crippen molar-refractivity contribution in [1.29, 1.82) is 0 Å². The number of nitrogens with one attached hydrogen (secondary N) is 1. The van der Waals surface area contributed by atoms with Crippen molar-refractivity contribution in [3.8, 4) is 0 Å². The molecule has 1 unspecified atom stereocenters. The first kappa shape index (κ1) is 12.0. The molecule has 0 spiro atoms. The summed E-state index contributed by atoms with van der Waals surface area (Å²) in [5.41, 5.74) is 4.32. The van der Waals surface area contributed by atoms with Gasteiger partial charge in [-0.25, -0.2) is 0 Å². The van der Waals surface area contributed by atoms with E-state index in [9.17, 15) is 0 Å². The van der Waals surface area contributed by atoms with Gasteiger partial charge in [-0.2, -0.15) is 0 Å². The minimum atomic E-state index is 0.712.